The standard InChI is InChI=1S/C16H23N3O2/c1-16(15(20)21)9-5-8-13(16)19-14-11-6-3-2-4-7-12(11)17-10-18-14/h10,13H,2-9H2,1H3,(H,20,21)(H,17,18,19). The minimum atomic E-state index is -0.711. The molecule has 5 nitrogen and oxygen atoms in total. The van der Waals surface area contributed by atoms with Gasteiger partial charge in [0.25, 0.3) is 0 Å². The van der Waals surface area contributed by atoms with Crippen LogP contribution in [-0.2, 0) is 17.6 Å². The molecule has 0 bridgehead atoms. The summed E-state index contributed by atoms with van der Waals surface area (Å²) in [5, 5.41) is 13.0. The molecule has 1 aromatic rings. The Morgan fingerprint density at radius 2 is 2.10 bits per heavy atom. The second-order valence-corrected chi connectivity index (χ2v) is 6.52. The summed E-state index contributed by atoms with van der Waals surface area (Å²) in [6.07, 6.45) is 9.76. The lowest BCUT2D eigenvalue weighted by atomic mass is 9.85. The zero-order valence-electron chi connectivity index (χ0n) is 12.6. The molecule has 21 heavy (non-hydrogen) atoms. The van der Waals surface area contributed by atoms with Crippen molar-refractivity contribution in [3.8, 4) is 0 Å². The highest BCUT2D eigenvalue weighted by Gasteiger charge is 2.45. The molecule has 0 aliphatic heterocycles. The molecule has 114 valence electrons. The molecule has 2 N–H and O–H groups in total. The van der Waals surface area contributed by atoms with Crippen molar-refractivity contribution in [2.24, 2.45) is 5.41 Å². The Morgan fingerprint density at radius 3 is 2.90 bits per heavy atom. The number of hydrogen-bond acceptors (Lipinski definition) is 4. The van der Waals surface area contributed by atoms with Crippen molar-refractivity contribution in [1.82, 2.24) is 9.97 Å². The summed E-state index contributed by atoms with van der Waals surface area (Å²) < 4.78 is 0. The number of nitrogens with one attached hydrogen (secondary N) is 1. The summed E-state index contributed by atoms with van der Waals surface area (Å²) in [5.74, 6) is 0.152. The van der Waals surface area contributed by atoms with Crippen molar-refractivity contribution in [1.29, 1.82) is 0 Å². The third-order valence-electron chi connectivity index (χ3n) is 5.13. The van der Waals surface area contributed by atoms with Crippen LogP contribution in [0.25, 0.3) is 0 Å². The smallest absolute Gasteiger partial charge is 0.311 e. The second kappa shape index (κ2) is 5.62. The maximum absolute atomic E-state index is 11.6. The lowest BCUT2D eigenvalue weighted by molar-refractivity contribution is -0.147. The fourth-order valence-electron chi connectivity index (χ4n) is 3.64. The monoisotopic (exact) mass is 289 g/mol. The van der Waals surface area contributed by atoms with E-state index < -0.39 is 11.4 Å². The number of aryl methyl sites for hydroxylation is 1. The molecule has 0 amide bonds. The summed E-state index contributed by atoms with van der Waals surface area (Å²) in [6, 6.07) is -0.0442. The number of carboxylic acids is 1. The van der Waals surface area contributed by atoms with E-state index in [2.05, 4.69) is 15.3 Å². The number of hydrogen-bond donors (Lipinski definition) is 2. The van der Waals surface area contributed by atoms with Crippen LogP contribution in [0, 0.1) is 5.41 Å². The highest BCUT2D eigenvalue weighted by Crippen LogP contribution is 2.40. The van der Waals surface area contributed by atoms with E-state index in [0.29, 0.717) is 0 Å². The topological polar surface area (TPSA) is 75.1 Å². The molecule has 2 atom stereocenters. The van der Waals surface area contributed by atoms with E-state index in [4.69, 9.17) is 0 Å². The minimum Gasteiger partial charge on any atom is -0.481 e. The largest absolute Gasteiger partial charge is 0.481 e. The van der Waals surface area contributed by atoms with E-state index in [1.807, 2.05) is 6.92 Å². The molecular formula is C16H23N3O2. The van der Waals surface area contributed by atoms with Gasteiger partial charge in [-0.3, -0.25) is 4.79 Å². The van der Waals surface area contributed by atoms with Crippen molar-refractivity contribution in [2.45, 2.75) is 64.3 Å². The first-order chi connectivity index (χ1) is 10.1. The zero-order valence-corrected chi connectivity index (χ0v) is 12.6. The average molecular weight is 289 g/mol. The van der Waals surface area contributed by atoms with Crippen LogP contribution in [-0.4, -0.2) is 27.1 Å². The molecule has 1 fully saturated rings. The Balaban J connectivity index is 1.87. The fourth-order valence-corrected chi connectivity index (χ4v) is 3.64. The Labute approximate surface area is 125 Å². The third-order valence-corrected chi connectivity index (χ3v) is 5.13. The number of fused-ring (bicyclic) bond motifs is 1. The first-order valence-electron chi connectivity index (χ1n) is 7.94. The normalized spacial score (nSPS) is 28.7. The van der Waals surface area contributed by atoms with Crippen LogP contribution < -0.4 is 5.32 Å². The van der Waals surface area contributed by atoms with Gasteiger partial charge in [0.1, 0.15) is 12.1 Å². The molecule has 1 saturated carbocycles. The predicted molar refractivity (Wildman–Crippen MR) is 80.3 cm³/mol. The predicted octanol–water partition coefficient (Wildman–Crippen LogP) is 2.80. The van der Waals surface area contributed by atoms with E-state index in [9.17, 15) is 9.90 Å². The molecule has 2 aliphatic rings. The van der Waals surface area contributed by atoms with Crippen LogP contribution in [0.3, 0.4) is 0 Å². The summed E-state index contributed by atoms with van der Waals surface area (Å²) in [7, 11) is 0. The Hall–Kier alpha value is -1.65. The Kier molecular flexibility index (Phi) is 3.83. The Morgan fingerprint density at radius 1 is 1.29 bits per heavy atom. The quantitative estimate of drug-likeness (QED) is 0.837. The van der Waals surface area contributed by atoms with Crippen molar-refractivity contribution < 1.29 is 9.90 Å². The molecule has 0 radical (unpaired) electrons. The number of carbonyl (C=O) groups is 1. The summed E-state index contributed by atoms with van der Waals surface area (Å²) in [5.41, 5.74) is 1.65. The molecular weight excluding hydrogens is 266 g/mol. The summed E-state index contributed by atoms with van der Waals surface area (Å²) in [6.45, 7) is 1.85. The van der Waals surface area contributed by atoms with Gasteiger partial charge in [0, 0.05) is 17.3 Å². The van der Waals surface area contributed by atoms with Gasteiger partial charge in [0.05, 0.1) is 5.41 Å². The van der Waals surface area contributed by atoms with E-state index in [1.54, 1.807) is 6.33 Å². The van der Waals surface area contributed by atoms with Gasteiger partial charge in [0.15, 0.2) is 0 Å². The fraction of sp³-hybridized carbons (Fsp3) is 0.688. The van der Waals surface area contributed by atoms with Crippen molar-refractivity contribution in [3.05, 3.63) is 17.6 Å². The van der Waals surface area contributed by atoms with Crippen molar-refractivity contribution >= 4 is 11.8 Å². The highest BCUT2D eigenvalue weighted by molar-refractivity contribution is 5.76. The van der Waals surface area contributed by atoms with Crippen molar-refractivity contribution in [3.63, 3.8) is 0 Å². The molecule has 0 spiro atoms. The molecule has 3 rings (SSSR count). The van der Waals surface area contributed by atoms with Crippen LogP contribution in [0.15, 0.2) is 6.33 Å². The number of nitrogens with zero attached hydrogens (tertiary/aromatic N) is 2. The van der Waals surface area contributed by atoms with Crippen LogP contribution >= 0.6 is 0 Å². The molecule has 2 unspecified atom stereocenters. The first kappa shape index (κ1) is 14.3. The highest BCUT2D eigenvalue weighted by atomic mass is 16.4. The molecule has 1 heterocycles. The number of anilines is 1. The van der Waals surface area contributed by atoms with Gasteiger partial charge in [-0.05, 0) is 45.4 Å². The van der Waals surface area contributed by atoms with Crippen LogP contribution in [0.4, 0.5) is 5.82 Å². The summed E-state index contributed by atoms with van der Waals surface area (Å²) >= 11 is 0. The lowest BCUT2D eigenvalue weighted by Crippen LogP contribution is -2.40. The van der Waals surface area contributed by atoms with Gasteiger partial charge in [-0.25, -0.2) is 9.97 Å². The van der Waals surface area contributed by atoms with E-state index in [1.165, 1.54) is 18.4 Å². The second-order valence-electron chi connectivity index (χ2n) is 6.52. The van der Waals surface area contributed by atoms with E-state index in [-0.39, 0.29) is 6.04 Å². The Bertz CT molecular complexity index is 546. The SMILES string of the molecule is CC1(C(=O)O)CCCC1Nc1ncnc2c1CCCCC2. The molecule has 0 aromatic carbocycles. The third kappa shape index (κ3) is 2.61. The number of aromatic nitrogens is 2. The van der Waals surface area contributed by atoms with Crippen LogP contribution in [0.2, 0.25) is 0 Å². The van der Waals surface area contributed by atoms with Gasteiger partial charge in [-0.2, -0.15) is 0 Å². The van der Waals surface area contributed by atoms with E-state index >= 15 is 0 Å². The van der Waals surface area contributed by atoms with Gasteiger partial charge in [-0.15, -0.1) is 0 Å². The number of carboxylic acid groups (broad SMARTS) is 1. The number of rotatable bonds is 3. The first-order valence-corrected chi connectivity index (χ1v) is 7.94. The minimum absolute atomic E-state index is 0.0442. The maximum Gasteiger partial charge on any atom is 0.311 e. The maximum atomic E-state index is 11.6. The molecule has 5 heteroatoms. The van der Waals surface area contributed by atoms with Crippen molar-refractivity contribution in [2.75, 3.05) is 5.32 Å². The molecule has 0 saturated heterocycles. The van der Waals surface area contributed by atoms with Gasteiger partial charge in [-0.1, -0.05) is 12.8 Å². The zero-order chi connectivity index (χ0) is 14.9. The van der Waals surface area contributed by atoms with E-state index in [0.717, 1.165) is 50.0 Å². The van der Waals surface area contributed by atoms with Crippen LogP contribution in [0.1, 0.15) is 56.7 Å². The summed E-state index contributed by atoms with van der Waals surface area (Å²) in [4.78, 5) is 20.4. The average Bonchev–Trinajstić information content (AvgIpc) is 2.70. The number of aliphatic carboxylic acids is 1. The van der Waals surface area contributed by atoms with Gasteiger partial charge < -0.3 is 10.4 Å². The van der Waals surface area contributed by atoms with Crippen LogP contribution in [0.5, 0.6) is 0 Å². The molecule has 2 aliphatic carbocycles. The van der Waals surface area contributed by atoms with Gasteiger partial charge in [0.2, 0.25) is 0 Å². The van der Waals surface area contributed by atoms with Gasteiger partial charge >= 0.3 is 5.97 Å². The molecule has 1 aromatic heterocycles. The lowest BCUT2D eigenvalue weighted by Gasteiger charge is -2.29.